The maximum Gasteiger partial charge on any atom is 0.346 e. The molecule has 0 aromatic carbocycles. The summed E-state index contributed by atoms with van der Waals surface area (Å²) in [6.45, 7) is 4.09. The number of ether oxygens (including phenoxy) is 1. The van der Waals surface area contributed by atoms with E-state index in [0.717, 1.165) is 0 Å². The molecule has 1 rings (SSSR count). The quantitative estimate of drug-likeness (QED) is 0.635. The van der Waals surface area contributed by atoms with Crippen molar-refractivity contribution in [2.45, 2.75) is 20.0 Å². The van der Waals surface area contributed by atoms with E-state index in [1.807, 2.05) is 13.8 Å². The number of carboxylic acids is 1. The van der Waals surface area contributed by atoms with Gasteiger partial charge in [0.1, 0.15) is 0 Å². The van der Waals surface area contributed by atoms with E-state index in [2.05, 4.69) is 4.99 Å². The molecule has 1 aliphatic rings. The Balaban J connectivity index is 2.49. The first-order valence-electron chi connectivity index (χ1n) is 3.55. The predicted octanol–water partition coefficient (Wildman–Crippen LogP) is 0.524. The van der Waals surface area contributed by atoms with Gasteiger partial charge in [-0.15, -0.1) is 0 Å². The average molecular weight is 157 g/mol. The predicted molar refractivity (Wildman–Crippen MR) is 39.6 cm³/mol. The van der Waals surface area contributed by atoms with E-state index in [1.165, 1.54) is 0 Å². The zero-order valence-corrected chi connectivity index (χ0v) is 6.57. The lowest BCUT2D eigenvalue weighted by Crippen LogP contribution is -2.24. The van der Waals surface area contributed by atoms with Crippen LogP contribution in [0.3, 0.4) is 0 Å². The largest absolute Gasteiger partial charge is 0.478 e. The lowest BCUT2D eigenvalue weighted by atomic mass is 10.2. The van der Waals surface area contributed by atoms with Gasteiger partial charge in [-0.2, -0.15) is 0 Å². The molecule has 0 bridgehead atoms. The molecule has 0 fully saturated rings. The van der Waals surface area contributed by atoms with Gasteiger partial charge >= 0.3 is 5.97 Å². The van der Waals surface area contributed by atoms with Crippen molar-refractivity contribution in [3.63, 3.8) is 0 Å². The highest BCUT2D eigenvalue weighted by Crippen LogP contribution is 2.10. The number of rotatable bonds is 2. The fourth-order valence-corrected chi connectivity index (χ4v) is 0.840. The minimum atomic E-state index is -0.940. The molecule has 0 aliphatic carbocycles. The van der Waals surface area contributed by atoms with E-state index in [1.54, 1.807) is 0 Å². The monoisotopic (exact) mass is 157 g/mol. The molecule has 62 valence electrons. The second-order valence-corrected chi connectivity index (χ2v) is 2.78. The molecule has 0 saturated carbocycles. The molecule has 11 heavy (non-hydrogen) atoms. The molecule has 0 radical (unpaired) electrons. The smallest absolute Gasteiger partial charge is 0.346 e. The number of nitrogens with zero attached hydrogens (tertiary/aromatic N) is 1. The minimum absolute atomic E-state index is 0.180. The highest BCUT2D eigenvalue weighted by molar-refractivity contribution is 5.85. The summed E-state index contributed by atoms with van der Waals surface area (Å²) in [5.41, 5.74) is 0. The fourth-order valence-electron chi connectivity index (χ4n) is 0.840. The minimum Gasteiger partial charge on any atom is -0.478 e. The van der Waals surface area contributed by atoms with Gasteiger partial charge in [-0.1, -0.05) is 13.8 Å². The van der Waals surface area contributed by atoms with Crippen LogP contribution in [0.1, 0.15) is 13.8 Å². The fraction of sp³-hybridized carbons (Fsp3) is 0.714. The maximum atomic E-state index is 10.4. The molecule has 1 atom stereocenters. The van der Waals surface area contributed by atoms with Crippen LogP contribution in [0.2, 0.25) is 0 Å². The second kappa shape index (κ2) is 2.90. The molecular weight excluding hydrogens is 146 g/mol. The highest BCUT2D eigenvalue weighted by Gasteiger charge is 2.27. The molecule has 1 heterocycles. The number of aliphatic carboxylic acids is 1. The Hall–Kier alpha value is -1.06. The summed E-state index contributed by atoms with van der Waals surface area (Å²) in [4.78, 5) is 14.3. The summed E-state index contributed by atoms with van der Waals surface area (Å²) in [7, 11) is 0. The summed E-state index contributed by atoms with van der Waals surface area (Å²) in [5, 5.41) is 8.51. The van der Waals surface area contributed by atoms with Gasteiger partial charge in [0.2, 0.25) is 6.10 Å². The van der Waals surface area contributed by atoms with Gasteiger partial charge < -0.3 is 9.84 Å². The van der Waals surface area contributed by atoms with Gasteiger partial charge in [0.25, 0.3) is 0 Å². The Kier molecular flexibility index (Phi) is 2.12. The Morgan fingerprint density at radius 1 is 1.82 bits per heavy atom. The van der Waals surface area contributed by atoms with Crippen molar-refractivity contribution >= 4 is 11.9 Å². The van der Waals surface area contributed by atoms with Gasteiger partial charge in [0, 0.05) is 5.92 Å². The van der Waals surface area contributed by atoms with Crippen LogP contribution in [0, 0.1) is 5.92 Å². The maximum absolute atomic E-state index is 10.4. The number of hydrogen-bond acceptors (Lipinski definition) is 3. The molecule has 1 unspecified atom stereocenters. The van der Waals surface area contributed by atoms with E-state index < -0.39 is 12.1 Å². The van der Waals surface area contributed by atoms with Crippen LogP contribution >= 0.6 is 0 Å². The van der Waals surface area contributed by atoms with Crippen molar-refractivity contribution in [2.24, 2.45) is 10.9 Å². The molecule has 0 saturated heterocycles. The molecule has 1 N–H and O–H groups in total. The molecule has 1 aliphatic heterocycles. The van der Waals surface area contributed by atoms with E-state index in [0.29, 0.717) is 5.90 Å². The first kappa shape index (κ1) is 8.04. The third kappa shape index (κ3) is 1.69. The molecule has 0 aromatic heterocycles. The second-order valence-electron chi connectivity index (χ2n) is 2.78. The van der Waals surface area contributed by atoms with Crippen LogP contribution in [-0.4, -0.2) is 29.6 Å². The highest BCUT2D eigenvalue weighted by atomic mass is 16.5. The molecule has 4 heteroatoms. The first-order chi connectivity index (χ1) is 5.11. The van der Waals surface area contributed by atoms with E-state index in [-0.39, 0.29) is 12.5 Å². The SMILES string of the molecule is CC(C)C1=NCC(C(=O)O)O1. The Labute approximate surface area is 64.9 Å². The van der Waals surface area contributed by atoms with Gasteiger partial charge in [0.15, 0.2) is 5.90 Å². The Bertz CT molecular complexity index is 198. The van der Waals surface area contributed by atoms with Gasteiger partial charge in [0.05, 0.1) is 6.54 Å². The van der Waals surface area contributed by atoms with Gasteiger partial charge in [-0.25, -0.2) is 4.79 Å². The van der Waals surface area contributed by atoms with Crippen molar-refractivity contribution in [3.05, 3.63) is 0 Å². The summed E-state index contributed by atoms with van der Waals surface area (Å²) >= 11 is 0. The van der Waals surface area contributed by atoms with Crippen molar-refractivity contribution in [1.82, 2.24) is 0 Å². The normalized spacial score (nSPS) is 23.2. The third-order valence-corrected chi connectivity index (χ3v) is 1.45. The first-order valence-corrected chi connectivity index (χ1v) is 3.55. The Morgan fingerprint density at radius 2 is 2.45 bits per heavy atom. The summed E-state index contributed by atoms with van der Waals surface area (Å²) in [5.74, 6) is -0.207. The van der Waals surface area contributed by atoms with E-state index >= 15 is 0 Å². The third-order valence-electron chi connectivity index (χ3n) is 1.45. The summed E-state index contributed by atoms with van der Waals surface area (Å²) in [6, 6.07) is 0. The number of carbonyl (C=O) groups is 1. The van der Waals surface area contributed by atoms with Crippen LogP contribution in [0.4, 0.5) is 0 Å². The molecule has 0 spiro atoms. The van der Waals surface area contributed by atoms with E-state index in [9.17, 15) is 4.79 Å². The van der Waals surface area contributed by atoms with Crippen LogP contribution in [0.25, 0.3) is 0 Å². The topological polar surface area (TPSA) is 58.9 Å². The number of carboxylic acid groups (broad SMARTS) is 1. The zero-order valence-electron chi connectivity index (χ0n) is 6.57. The van der Waals surface area contributed by atoms with Gasteiger partial charge in [-0.05, 0) is 0 Å². The number of hydrogen-bond donors (Lipinski definition) is 1. The van der Waals surface area contributed by atoms with Crippen LogP contribution in [-0.2, 0) is 9.53 Å². The molecule has 4 nitrogen and oxygen atoms in total. The van der Waals surface area contributed by atoms with Gasteiger partial charge in [-0.3, -0.25) is 4.99 Å². The zero-order chi connectivity index (χ0) is 8.43. The van der Waals surface area contributed by atoms with E-state index in [4.69, 9.17) is 9.84 Å². The van der Waals surface area contributed by atoms with Crippen molar-refractivity contribution in [3.8, 4) is 0 Å². The molecule has 0 aromatic rings. The van der Waals surface area contributed by atoms with Crippen molar-refractivity contribution in [2.75, 3.05) is 6.54 Å². The van der Waals surface area contributed by atoms with Crippen molar-refractivity contribution < 1.29 is 14.6 Å². The molecule has 0 amide bonds. The van der Waals surface area contributed by atoms with Crippen molar-refractivity contribution in [1.29, 1.82) is 0 Å². The lowest BCUT2D eigenvalue weighted by molar-refractivity contribution is -0.144. The lowest BCUT2D eigenvalue weighted by Gasteiger charge is -2.07. The standard InChI is InChI=1S/C7H11NO3/c1-4(2)6-8-3-5(11-6)7(9)10/h4-5H,3H2,1-2H3,(H,9,10). The van der Waals surface area contributed by atoms with Crippen LogP contribution < -0.4 is 0 Å². The summed E-state index contributed by atoms with van der Waals surface area (Å²) in [6.07, 6.45) is -0.757. The number of aliphatic imine (C=N–C) groups is 1. The van der Waals surface area contributed by atoms with Crippen LogP contribution in [0.15, 0.2) is 4.99 Å². The molecular formula is C7H11NO3. The van der Waals surface area contributed by atoms with Crippen LogP contribution in [0.5, 0.6) is 0 Å². The Morgan fingerprint density at radius 3 is 2.73 bits per heavy atom. The summed E-state index contributed by atoms with van der Waals surface area (Å²) < 4.78 is 5.03. The average Bonchev–Trinajstić information content (AvgIpc) is 2.33.